The molecule has 1 rings (SSSR count). The largest absolute Gasteiger partial charge is 0.480 e. The molecule has 1 heterocycles. The summed E-state index contributed by atoms with van der Waals surface area (Å²) in [7, 11) is 0. The van der Waals surface area contributed by atoms with Gasteiger partial charge in [-0.1, -0.05) is 0 Å². The summed E-state index contributed by atoms with van der Waals surface area (Å²) in [4.78, 5) is 27.2. The molecule has 0 aliphatic rings. The van der Waals surface area contributed by atoms with Crippen molar-refractivity contribution in [3.8, 4) is 0 Å². The number of nitrogens with zero attached hydrogens (tertiary/aromatic N) is 1. The number of amides is 2. The SMILES string of the molecule is CSCCC(NC(=O)NC(C)(C)c1nccs1)C(=O)O. The van der Waals surface area contributed by atoms with Gasteiger partial charge in [0.1, 0.15) is 11.0 Å². The van der Waals surface area contributed by atoms with E-state index < -0.39 is 23.6 Å². The van der Waals surface area contributed by atoms with Crippen LogP contribution in [0.25, 0.3) is 0 Å². The third-order valence-corrected chi connectivity index (χ3v) is 4.35. The van der Waals surface area contributed by atoms with Crippen molar-refractivity contribution >= 4 is 35.1 Å². The first-order valence-electron chi connectivity index (χ1n) is 6.07. The standard InChI is InChI=1S/C12H19N3O3S2/c1-12(2,10-13-5-7-20-10)15-11(18)14-8(9(16)17)4-6-19-3/h5,7-8H,4,6H2,1-3H3,(H,16,17)(H2,14,15,18). The van der Waals surface area contributed by atoms with Crippen LogP contribution in [-0.4, -0.2) is 40.1 Å². The van der Waals surface area contributed by atoms with Crippen molar-refractivity contribution in [2.24, 2.45) is 0 Å². The Labute approximate surface area is 126 Å². The van der Waals surface area contributed by atoms with Crippen molar-refractivity contribution in [2.45, 2.75) is 31.8 Å². The lowest BCUT2D eigenvalue weighted by molar-refractivity contribution is -0.139. The first-order chi connectivity index (χ1) is 9.36. The lowest BCUT2D eigenvalue weighted by atomic mass is 10.1. The molecule has 0 aliphatic carbocycles. The van der Waals surface area contributed by atoms with E-state index in [0.717, 1.165) is 5.01 Å². The van der Waals surface area contributed by atoms with Crippen LogP contribution in [0.5, 0.6) is 0 Å². The van der Waals surface area contributed by atoms with Gasteiger partial charge < -0.3 is 15.7 Å². The maximum absolute atomic E-state index is 11.9. The highest BCUT2D eigenvalue weighted by molar-refractivity contribution is 7.98. The van der Waals surface area contributed by atoms with Crippen LogP contribution in [-0.2, 0) is 10.3 Å². The van der Waals surface area contributed by atoms with Crippen molar-refractivity contribution in [3.05, 3.63) is 16.6 Å². The third-order valence-electron chi connectivity index (χ3n) is 2.61. The number of hydrogen-bond donors (Lipinski definition) is 3. The number of rotatable bonds is 7. The van der Waals surface area contributed by atoms with E-state index in [9.17, 15) is 9.59 Å². The summed E-state index contributed by atoms with van der Waals surface area (Å²) < 4.78 is 0. The number of aromatic nitrogens is 1. The molecule has 1 aromatic rings. The van der Waals surface area contributed by atoms with Gasteiger partial charge in [0.2, 0.25) is 0 Å². The molecule has 1 unspecified atom stereocenters. The number of thioether (sulfide) groups is 1. The number of aliphatic carboxylic acids is 1. The van der Waals surface area contributed by atoms with Crippen LogP contribution in [0.4, 0.5) is 4.79 Å². The molecule has 8 heteroatoms. The summed E-state index contributed by atoms with van der Waals surface area (Å²) in [6.45, 7) is 3.65. The van der Waals surface area contributed by atoms with Gasteiger partial charge in [-0.05, 0) is 32.3 Å². The molecule has 0 saturated heterocycles. The minimum atomic E-state index is -1.03. The van der Waals surface area contributed by atoms with Crippen molar-refractivity contribution < 1.29 is 14.7 Å². The van der Waals surface area contributed by atoms with Crippen LogP contribution < -0.4 is 10.6 Å². The molecule has 20 heavy (non-hydrogen) atoms. The molecule has 0 radical (unpaired) electrons. The van der Waals surface area contributed by atoms with E-state index in [1.54, 1.807) is 18.0 Å². The molecule has 2 amide bonds. The molecule has 1 atom stereocenters. The Bertz CT molecular complexity index is 449. The zero-order valence-corrected chi connectivity index (χ0v) is 13.3. The summed E-state index contributed by atoms with van der Waals surface area (Å²) in [6.07, 6.45) is 3.95. The zero-order valence-electron chi connectivity index (χ0n) is 11.7. The van der Waals surface area contributed by atoms with Gasteiger partial charge in [-0.25, -0.2) is 14.6 Å². The van der Waals surface area contributed by atoms with E-state index in [0.29, 0.717) is 12.2 Å². The molecule has 3 N–H and O–H groups in total. The number of nitrogens with one attached hydrogen (secondary N) is 2. The van der Waals surface area contributed by atoms with E-state index in [1.165, 1.54) is 11.3 Å². The van der Waals surface area contributed by atoms with Crippen LogP contribution in [0.3, 0.4) is 0 Å². The van der Waals surface area contributed by atoms with Crippen molar-refractivity contribution in [2.75, 3.05) is 12.0 Å². The van der Waals surface area contributed by atoms with Crippen LogP contribution in [0.1, 0.15) is 25.3 Å². The summed E-state index contributed by atoms with van der Waals surface area (Å²) in [5.41, 5.74) is -0.638. The van der Waals surface area contributed by atoms with E-state index in [-0.39, 0.29) is 0 Å². The maximum Gasteiger partial charge on any atom is 0.326 e. The number of hydrogen-bond acceptors (Lipinski definition) is 5. The summed E-state index contributed by atoms with van der Waals surface area (Å²) in [5.74, 6) is -0.353. The fraction of sp³-hybridized carbons (Fsp3) is 0.583. The Kier molecular flexibility index (Phi) is 6.28. The Morgan fingerprint density at radius 1 is 1.55 bits per heavy atom. The molecule has 0 saturated carbocycles. The fourth-order valence-corrected chi connectivity index (χ4v) is 2.75. The molecule has 0 bridgehead atoms. The van der Waals surface area contributed by atoms with Gasteiger partial charge >= 0.3 is 12.0 Å². The second kappa shape index (κ2) is 7.49. The molecular weight excluding hydrogens is 298 g/mol. The highest BCUT2D eigenvalue weighted by atomic mass is 32.2. The topological polar surface area (TPSA) is 91.3 Å². The van der Waals surface area contributed by atoms with Crippen molar-refractivity contribution in [1.82, 2.24) is 15.6 Å². The van der Waals surface area contributed by atoms with Gasteiger partial charge in [0, 0.05) is 11.6 Å². The lowest BCUT2D eigenvalue weighted by Gasteiger charge is -2.25. The van der Waals surface area contributed by atoms with Crippen LogP contribution in [0.2, 0.25) is 0 Å². The number of carboxylic acid groups (broad SMARTS) is 1. The lowest BCUT2D eigenvalue weighted by Crippen LogP contribution is -2.51. The van der Waals surface area contributed by atoms with Gasteiger partial charge in [0.15, 0.2) is 0 Å². The van der Waals surface area contributed by atoms with E-state index in [2.05, 4.69) is 15.6 Å². The average Bonchev–Trinajstić information content (AvgIpc) is 2.87. The van der Waals surface area contributed by atoms with Crippen LogP contribution >= 0.6 is 23.1 Å². The summed E-state index contributed by atoms with van der Waals surface area (Å²) >= 11 is 2.98. The minimum Gasteiger partial charge on any atom is -0.480 e. The Morgan fingerprint density at radius 3 is 2.75 bits per heavy atom. The monoisotopic (exact) mass is 317 g/mol. The molecule has 6 nitrogen and oxygen atoms in total. The Balaban J connectivity index is 2.59. The predicted octanol–water partition coefficient (Wildman–Crippen LogP) is 1.88. The second-order valence-corrected chi connectivity index (χ2v) is 6.61. The first kappa shape index (κ1) is 16.8. The van der Waals surface area contributed by atoms with Gasteiger partial charge in [-0.2, -0.15) is 11.8 Å². The molecule has 0 aromatic carbocycles. The normalized spacial score (nSPS) is 12.8. The van der Waals surface area contributed by atoms with Crippen LogP contribution in [0, 0.1) is 0 Å². The van der Waals surface area contributed by atoms with Crippen molar-refractivity contribution in [3.63, 3.8) is 0 Å². The van der Waals surface area contributed by atoms with Gasteiger partial charge in [0.25, 0.3) is 0 Å². The van der Waals surface area contributed by atoms with E-state index >= 15 is 0 Å². The maximum atomic E-state index is 11.9. The van der Waals surface area contributed by atoms with E-state index in [4.69, 9.17) is 5.11 Å². The highest BCUT2D eigenvalue weighted by Crippen LogP contribution is 2.21. The molecule has 112 valence electrons. The zero-order chi connectivity index (χ0) is 15.2. The predicted molar refractivity (Wildman–Crippen MR) is 81.2 cm³/mol. The quantitative estimate of drug-likeness (QED) is 0.714. The van der Waals surface area contributed by atoms with Crippen molar-refractivity contribution in [1.29, 1.82) is 0 Å². The summed E-state index contributed by atoms with van der Waals surface area (Å²) in [5, 5.41) is 16.9. The fourth-order valence-electron chi connectivity index (χ4n) is 1.56. The van der Waals surface area contributed by atoms with Gasteiger partial charge in [-0.15, -0.1) is 11.3 Å². The van der Waals surface area contributed by atoms with Crippen LogP contribution in [0.15, 0.2) is 11.6 Å². The number of carbonyl (C=O) groups is 2. The molecule has 1 aromatic heterocycles. The average molecular weight is 317 g/mol. The van der Waals surface area contributed by atoms with Gasteiger partial charge in [0.05, 0.1) is 5.54 Å². The minimum absolute atomic E-state index is 0.390. The van der Waals surface area contributed by atoms with Gasteiger partial charge in [-0.3, -0.25) is 0 Å². The highest BCUT2D eigenvalue weighted by Gasteiger charge is 2.27. The smallest absolute Gasteiger partial charge is 0.326 e. The number of carbonyl (C=O) groups excluding carboxylic acids is 1. The number of carboxylic acids is 1. The Hall–Kier alpha value is -1.28. The third kappa shape index (κ3) is 5.01. The van der Waals surface area contributed by atoms with E-state index in [1.807, 2.05) is 25.5 Å². The number of urea groups is 1. The molecule has 0 aliphatic heterocycles. The second-order valence-electron chi connectivity index (χ2n) is 4.73. The Morgan fingerprint density at radius 2 is 2.25 bits per heavy atom. The first-order valence-corrected chi connectivity index (χ1v) is 8.34. The molecular formula is C12H19N3O3S2. The number of thiazole rings is 1. The molecule has 0 spiro atoms. The molecule has 0 fully saturated rings. The summed E-state index contributed by atoms with van der Waals surface area (Å²) in [6, 6.07) is -1.38.